The molecular weight excluding hydrogens is 590 g/mol. The molecule has 1 saturated heterocycles. The number of urea groups is 1. The number of H-pyrrole nitrogens is 1. The average Bonchev–Trinajstić information content (AvgIpc) is 3.37. The molecule has 13 nitrogen and oxygen atoms in total. The zero-order valence-electron chi connectivity index (χ0n) is 25.2. The Morgan fingerprint density at radius 2 is 1.78 bits per heavy atom. The molecule has 4 amide bonds. The Labute approximate surface area is 256 Å². The first kappa shape index (κ1) is 31.1. The van der Waals surface area contributed by atoms with Crippen molar-refractivity contribution in [2.24, 2.45) is 5.73 Å². The van der Waals surface area contributed by atoms with Gasteiger partial charge in [0, 0.05) is 31.5 Å². The van der Waals surface area contributed by atoms with E-state index in [9.17, 15) is 18.8 Å². The lowest BCUT2D eigenvalue weighted by Crippen LogP contribution is -2.72. The SMILES string of the molecule is COCC(C)(C)Nc1n[nH]c2nccc(Oc3ccc(N4C(C(N)=O)C(=O)N(c5ccc(F)cc5)C(=O)N4C(C)C)cc3F)c12. The Morgan fingerprint density at radius 1 is 1.09 bits per heavy atom. The maximum atomic E-state index is 15.7. The van der Waals surface area contributed by atoms with Crippen LogP contribution in [0.25, 0.3) is 11.0 Å². The molecule has 0 aliphatic carbocycles. The number of aromatic nitrogens is 3. The van der Waals surface area contributed by atoms with Crippen molar-refractivity contribution < 1.29 is 32.6 Å². The molecule has 4 N–H and O–H groups in total. The number of nitrogens with one attached hydrogen (secondary N) is 2. The van der Waals surface area contributed by atoms with E-state index in [1.165, 1.54) is 30.5 Å². The fourth-order valence-corrected chi connectivity index (χ4v) is 5.10. The Bertz CT molecular complexity index is 1760. The molecule has 1 unspecified atom stereocenters. The van der Waals surface area contributed by atoms with E-state index in [0.717, 1.165) is 33.1 Å². The number of carbonyl (C=O) groups is 3. The largest absolute Gasteiger partial charge is 0.453 e. The van der Waals surface area contributed by atoms with Gasteiger partial charge >= 0.3 is 6.03 Å². The monoisotopic (exact) mass is 622 g/mol. The lowest BCUT2D eigenvalue weighted by molar-refractivity contribution is -0.130. The number of hydrogen-bond acceptors (Lipinski definition) is 9. The predicted octanol–water partition coefficient (Wildman–Crippen LogP) is 4.32. The fourth-order valence-electron chi connectivity index (χ4n) is 5.10. The predicted molar refractivity (Wildman–Crippen MR) is 162 cm³/mol. The quantitative estimate of drug-likeness (QED) is 0.219. The second-order valence-corrected chi connectivity index (χ2v) is 11.3. The normalized spacial score (nSPS) is 15.7. The number of benzene rings is 2. The summed E-state index contributed by atoms with van der Waals surface area (Å²) in [4.78, 5) is 45.0. The van der Waals surface area contributed by atoms with Crippen LogP contribution in [0.15, 0.2) is 54.7 Å². The van der Waals surface area contributed by atoms with Gasteiger partial charge in [0.25, 0.3) is 11.8 Å². The third kappa shape index (κ3) is 5.93. The second-order valence-electron chi connectivity index (χ2n) is 11.3. The van der Waals surface area contributed by atoms with Gasteiger partial charge in [0.15, 0.2) is 23.0 Å². The molecule has 0 bridgehead atoms. The number of nitrogens with zero attached hydrogens (tertiary/aromatic N) is 5. The fraction of sp³-hybridized carbons (Fsp3) is 0.300. The number of primary amides is 1. The number of ether oxygens (including phenoxy) is 2. The standard InChI is InChI=1S/C30H32F2N8O5/c1-16(2)39-29(43)38(18-8-6-17(31)7-9-18)28(42)24(25(33)41)40(39)19-10-11-21(20(32)14-19)45-22-12-13-34-26-23(22)27(37-36-26)35-30(3,4)15-44-5/h6-14,16,24H,15H2,1-5H3,(H2,33,41)(H2,34,35,36,37). The Balaban J connectivity index is 1.51. The molecule has 236 valence electrons. The summed E-state index contributed by atoms with van der Waals surface area (Å²) in [7, 11) is 1.58. The van der Waals surface area contributed by atoms with Gasteiger partial charge in [0.1, 0.15) is 17.0 Å². The molecule has 0 spiro atoms. The van der Waals surface area contributed by atoms with E-state index in [4.69, 9.17) is 15.2 Å². The molecular formula is C30H32F2N8O5. The van der Waals surface area contributed by atoms with Gasteiger partial charge in [-0.2, -0.15) is 5.10 Å². The van der Waals surface area contributed by atoms with Crippen LogP contribution >= 0.6 is 0 Å². The molecule has 45 heavy (non-hydrogen) atoms. The summed E-state index contributed by atoms with van der Waals surface area (Å²) in [5.41, 5.74) is 5.59. The molecule has 2 aromatic carbocycles. The van der Waals surface area contributed by atoms with Gasteiger partial charge < -0.3 is 20.5 Å². The number of imide groups is 1. The number of amides is 4. The highest BCUT2D eigenvalue weighted by Gasteiger charge is 2.49. The van der Waals surface area contributed by atoms with Crippen LogP contribution in [-0.4, -0.2) is 69.4 Å². The van der Waals surface area contributed by atoms with Gasteiger partial charge in [-0.25, -0.2) is 28.5 Å². The Kier molecular flexibility index (Phi) is 8.30. The number of methoxy groups -OCH3 is 1. The summed E-state index contributed by atoms with van der Waals surface area (Å²) >= 11 is 0. The van der Waals surface area contributed by atoms with Crippen LogP contribution in [0.1, 0.15) is 27.7 Å². The van der Waals surface area contributed by atoms with Gasteiger partial charge in [-0.1, -0.05) is 0 Å². The lowest BCUT2D eigenvalue weighted by Gasteiger charge is -2.48. The van der Waals surface area contributed by atoms with E-state index < -0.39 is 47.1 Å². The van der Waals surface area contributed by atoms with E-state index >= 15 is 4.39 Å². The van der Waals surface area contributed by atoms with Crippen molar-refractivity contribution in [1.82, 2.24) is 20.2 Å². The number of aromatic amines is 1. The van der Waals surface area contributed by atoms with Crippen molar-refractivity contribution in [2.45, 2.75) is 45.3 Å². The van der Waals surface area contributed by atoms with Crippen molar-refractivity contribution in [3.8, 4) is 11.5 Å². The molecule has 1 aliphatic heterocycles. The number of fused-ring (bicyclic) bond motifs is 1. The van der Waals surface area contributed by atoms with Gasteiger partial charge in [-0.05, 0) is 64.1 Å². The van der Waals surface area contributed by atoms with Crippen LogP contribution in [0.3, 0.4) is 0 Å². The average molecular weight is 623 g/mol. The van der Waals surface area contributed by atoms with Crippen molar-refractivity contribution in [1.29, 1.82) is 0 Å². The van der Waals surface area contributed by atoms with Crippen LogP contribution in [0.5, 0.6) is 11.5 Å². The van der Waals surface area contributed by atoms with Crippen LogP contribution in [-0.2, 0) is 14.3 Å². The molecule has 2 aromatic heterocycles. The second kappa shape index (κ2) is 12.0. The van der Waals surface area contributed by atoms with Crippen molar-refractivity contribution in [3.63, 3.8) is 0 Å². The van der Waals surface area contributed by atoms with E-state index in [2.05, 4.69) is 20.5 Å². The van der Waals surface area contributed by atoms with Crippen LogP contribution < -0.4 is 25.7 Å². The molecule has 1 atom stereocenters. The zero-order valence-corrected chi connectivity index (χ0v) is 25.2. The summed E-state index contributed by atoms with van der Waals surface area (Å²) in [6.07, 6.45) is 1.47. The minimum absolute atomic E-state index is 0.00957. The lowest BCUT2D eigenvalue weighted by atomic mass is 10.1. The number of nitrogens with two attached hydrogens (primary N) is 1. The number of hydrogen-bond donors (Lipinski definition) is 3. The highest BCUT2D eigenvalue weighted by atomic mass is 19.1. The maximum Gasteiger partial charge on any atom is 0.350 e. The van der Waals surface area contributed by atoms with Gasteiger partial charge in [0.2, 0.25) is 6.04 Å². The molecule has 1 aliphatic rings. The van der Waals surface area contributed by atoms with Crippen molar-refractivity contribution >= 4 is 46.1 Å². The van der Waals surface area contributed by atoms with E-state index in [0.29, 0.717) is 23.5 Å². The van der Waals surface area contributed by atoms with Crippen LogP contribution in [0.2, 0.25) is 0 Å². The summed E-state index contributed by atoms with van der Waals surface area (Å²) in [6.45, 7) is 7.50. The maximum absolute atomic E-state index is 15.7. The number of hydrazine groups is 1. The van der Waals surface area contributed by atoms with Crippen molar-refractivity contribution in [2.75, 3.05) is 28.9 Å². The molecule has 0 saturated carbocycles. The molecule has 1 fully saturated rings. The summed E-state index contributed by atoms with van der Waals surface area (Å²) in [6, 6.07) is 6.73. The number of halogens is 2. The first-order valence-electron chi connectivity index (χ1n) is 13.9. The highest BCUT2D eigenvalue weighted by Crippen LogP contribution is 2.37. The van der Waals surface area contributed by atoms with Crippen molar-refractivity contribution in [3.05, 3.63) is 66.4 Å². The first-order chi connectivity index (χ1) is 21.3. The third-order valence-electron chi connectivity index (χ3n) is 6.95. The van der Waals surface area contributed by atoms with Crippen LogP contribution in [0.4, 0.5) is 30.8 Å². The molecule has 15 heteroatoms. The smallest absolute Gasteiger partial charge is 0.350 e. The number of rotatable bonds is 10. The van der Waals surface area contributed by atoms with Gasteiger partial charge in [-0.3, -0.25) is 19.7 Å². The third-order valence-corrected chi connectivity index (χ3v) is 6.95. The summed E-state index contributed by atoms with van der Waals surface area (Å²) < 4.78 is 40.6. The van der Waals surface area contributed by atoms with E-state index in [1.54, 1.807) is 27.0 Å². The molecule has 5 rings (SSSR count). The Morgan fingerprint density at radius 3 is 2.40 bits per heavy atom. The minimum Gasteiger partial charge on any atom is -0.453 e. The topological polar surface area (TPSA) is 159 Å². The molecule has 4 aromatic rings. The number of pyridine rings is 1. The zero-order chi connectivity index (χ0) is 32.6. The van der Waals surface area contributed by atoms with Crippen LogP contribution in [0, 0.1) is 11.6 Å². The summed E-state index contributed by atoms with van der Waals surface area (Å²) in [5.74, 6) is -3.03. The molecule has 0 radical (unpaired) electrons. The first-order valence-corrected chi connectivity index (χ1v) is 13.9. The van der Waals surface area contributed by atoms with Gasteiger partial charge in [-0.15, -0.1) is 0 Å². The minimum atomic E-state index is -1.73. The van der Waals surface area contributed by atoms with Gasteiger partial charge in [0.05, 0.1) is 23.5 Å². The Hall–Kier alpha value is -5.31. The number of carbonyl (C=O) groups excluding carboxylic acids is 3. The van der Waals surface area contributed by atoms with E-state index in [1.807, 2.05) is 13.8 Å². The number of anilines is 3. The van der Waals surface area contributed by atoms with E-state index in [-0.39, 0.29) is 22.9 Å². The molecule has 3 heterocycles. The highest BCUT2D eigenvalue weighted by molar-refractivity contribution is 6.25. The summed E-state index contributed by atoms with van der Waals surface area (Å²) in [5, 5.41) is 13.0.